The first kappa shape index (κ1) is 16.9. The molecule has 0 aliphatic carbocycles. The maximum absolute atomic E-state index is 12.9. The van der Waals surface area contributed by atoms with Gasteiger partial charge in [0.1, 0.15) is 0 Å². The van der Waals surface area contributed by atoms with Crippen LogP contribution in [0.4, 0.5) is 0 Å². The minimum atomic E-state index is -0.227. The standard InChI is InChI=1S/C22H22N2O/c1-17-8-5-6-12-20(17)16-24-22(25)21(19-10-3-2-4-11-19)14-18-9-7-13-23-15-18/h2-13,15,21H,14,16H2,1H3,(H,24,25). The number of nitrogens with zero attached hydrogens (tertiary/aromatic N) is 1. The molecule has 3 heteroatoms. The number of nitrogens with one attached hydrogen (secondary N) is 1. The van der Waals surface area contributed by atoms with E-state index in [0.29, 0.717) is 13.0 Å². The fourth-order valence-corrected chi connectivity index (χ4v) is 2.92. The summed E-state index contributed by atoms with van der Waals surface area (Å²) in [6.45, 7) is 2.60. The van der Waals surface area contributed by atoms with Gasteiger partial charge >= 0.3 is 0 Å². The molecule has 1 aromatic heterocycles. The van der Waals surface area contributed by atoms with Gasteiger partial charge in [-0.05, 0) is 41.7 Å². The van der Waals surface area contributed by atoms with E-state index >= 15 is 0 Å². The maximum atomic E-state index is 12.9. The van der Waals surface area contributed by atoms with E-state index in [4.69, 9.17) is 0 Å². The van der Waals surface area contributed by atoms with Crippen molar-refractivity contribution in [3.63, 3.8) is 0 Å². The second kappa shape index (κ2) is 8.25. The summed E-state index contributed by atoms with van der Waals surface area (Å²) in [4.78, 5) is 17.1. The largest absolute Gasteiger partial charge is 0.351 e. The van der Waals surface area contributed by atoms with E-state index in [1.165, 1.54) is 5.56 Å². The van der Waals surface area contributed by atoms with Crippen LogP contribution in [0.2, 0.25) is 0 Å². The predicted octanol–water partition coefficient (Wildman–Crippen LogP) is 4.03. The zero-order chi connectivity index (χ0) is 17.5. The van der Waals surface area contributed by atoms with Gasteiger partial charge in [0.2, 0.25) is 5.91 Å². The van der Waals surface area contributed by atoms with Crippen LogP contribution in [0.3, 0.4) is 0 Å². The number of hydrogen-bond acceptors (Lipinski definition) is 2. The van der Waals surface area contributed by atoms with Gasteiger partial charge in [-0.2, -0.15) is 0 Å². The molecule has 0 radical (unpaired) electrons. The lowest BCUT2D eigenvalue weighted by molar-refractivity contribution is -0.122. The zero-order valence-corrected chi connectivity index (χ0v) is 14.4. The van der Waals surface area contributed by atoms with Crippen molar-refractivity contribution in [1.29, 1.82) is 0 Å². The zero-order valence-electron chi connectivity index (χ0n) is 14.4. The Bertz CT molecular complexity index is 816. The van der Waals surface area contributed by atoms with Crippen molar-refractivity contribution in [3.05, 3.63) is 101 Å². The van der Waals surface area contributed by atoms with Gasteiger partial charge in [-0.1, -0.05) is 60.7 Å². The van der Waals surface area contributed by atoms with Gasteiger partial charge < -0.3 is 5.32 Å². The van der Waals surface area contributed by atoms with E-state index in [1.54, 1.807) is 6.20 Å². The summed E-state index contributed by atoms with van der Waals surface area (Å²) in [5, 5.41) is 3.10. The summed E-state index contributed by atoms with van der Waals surface area (Å²) in [7, 11) is 0. The number of aromatic nitrogens is 1. The van der Waals surface area contributed by atoms with E-state index < -0.39 is 0 Å². The number of amides is 1. The van der Waals surface area contributed by atoms with Crippen LogP contribution >= 0.6 is 0 Å². The van der Waals surface area contributed by atoms with Crippen molar-refractivity contribution in [3.8, 4) is 0 Å². The first-order valence-electron chi connectivity index (χ1n) is 8.50. The van der Waals surface area contributed by atoms with Gasteiger partial charge in [-0.15, -0.1) is 0 Å². The highest BCUT2D eigenvalue weighted by atomic mass is 16.1. The summed E-state index contributed by atoms with van der Waals surface area (Å²) in [5.74, 6) is -0.187. The summed E-state index contributed by atoms with van der Waals surface area (Å²) in [6, 6.07) is 22.0. The van der Waals surface area contributed by atoms with Crippen LogP contribution in [-0.4, -0.2) is 10.9 Å². The number of carbonyl (C=O) groups is 1. The molecular weight excluding hydrogens is 308 g/mol. The molecule has 1 atom stereocenters. The second-order valence-corrected chi connectivity index (χ2v) is 6.17. The minimum Gasteiger partial charge on any atom is -0.351 e. The Kier molecular flexibility index (Phi) is 5.57. The van der Waals surface area contributed by atoms with E-state index in [-0.39, 0.29) is 11.8 Å². The van der Waals surface area contributed by atoms with E-state index in [0.717, 1.165) is 16.7 Å². The Morgan fingerprint density at radius 2 is 1.76 bits per heavy atom. The molecule has 0 bridgehead atoms. The van der Waals surface area contributed by atoms with Crippen molar-refractivity contribution in [2.45, 2.75) is 25.8 Å². The molecule has 3 nitrogen and oxygen atoms in total. The lowest BCUT2D eigenvalue weighted by atomic mass is 9.91. The third kappa shape index (κ3) is 4.54. The Hall–Kier alpha value is -2.94. The molecule has 0 spiro atoms. The average molecular weight is 330 g/mol. The average Bonchev–Trinajstić information content (AvgIpc) is 2.67. The Morgan fingerprint density at radius 1 is 1.00 bits per heavy atom. The molecule has 1 amide bonds. The third-order valence-electron chi connectivity index (χ3n) is 4.40. The summed E-state index contributed by atoms with van der Waals surface area (Å²) in [6.07, 6.45) is 4.21. The van der Waals surface area contributed by atoms with Crippen LogP contribution in [0, 0.1) is 6.92 Å². The summed E-state index contributed by atoms with van der Waals surface area (Å²) < 4.78 is 0. The summed E-state index contributed by atoms with van der Waals surface area (Å²) in [5.41, 5.74) is 4.41. The molecule has 2 aromatic carbocycles. The van der Waals surface area contributed by atoms with Gasteiger partial charge in [0, 0.05) is 18.9 Å². The number of hydrogen-bond donors (Lipinski definition) is 1. The van der Waals surface area contributed by atoms with Crippen LogP contribution in [0.25, 0.3) is 0 Å². The van der Waals surface area contributed by atoms with Crippen molar-refractivity contribution >= 4 is 5.91 Å². The molecule has 0 aliphatic heterocycles. The molecule has 0 fully saturated rings. The Balaban J connectivity index is 1.76. The van der Waals surface area contributed by atoms with Gasteiger partial charge in [0.25, 0.3) is 0 Å². The number of carbonyl (C=O) groups excluding carboxylic acids is 1. The summed E-state index contributed by atoms with van der Waals surface area (Å²) >= 11 is 0. The monoisotopic (exact) mass is 330 g/mol. The fraction of sp³-hybridized carbons (Fsp3) is 0.182. The van der Waals surface area contributed by atoms with E-state index in [9.17, 15) is 4.79 Å². The molecule has 1 N–H and O–H groups in total. The van der Waals surface area contributed by atoms with Crippen LogP contribution in [0.1, 0.15) is 28.2 Å². The number of rotatable bonds is 6. The topological polar surface area (TPSA) is 42.0 Å². The lowest BCUT2D eigenvalue weighted by Gasteiger charge is -2.18. The molecule has 0 saturated carbocycles. The van der Waals surface area contributed by atoms with E-state index in [2.05, 4.69) is 23.3 Å². The van der Waals surface area contributed by atoms with Gasteiger partial charge in [-0.3, -0.25) is 9.78 Å². The number of benzene rings is 2. The molecule has 3 rings (SSSR count). The van der Waals surface area contributed by atoms with Crippen LogP contribution in [-0.2, 0) is 17.8 Å². The SMILES string of the molecule is Cc1ccccc1CNC(=O)C(Cc1cccnc1)c1ccccc1. The fourth-order valence-electron chi connectivity index (χ4n) is 2.92. The molecule has 1 heterocycles. The van der Waals surface area contributed by atoms with Crippen LogP contribution in [0.5, 0.6) is 0 Å². The highest BCUT2D eigenvalue weighted by Gasteiger charge is 2.21. The number of aryl methyl sites for hydroxylation is 1. The quantitative estimate of drug-likeness (QED) is 0.741. The molecular formula is C22H22N2O. The van der Waals surface area contributed by atoms with Crippen molar-refractivity contribution in [2.24, 2.45) is 0 Å². The highest BCUT2D eigenvalue weighted by Crippen LogP contribution is 2.21. The molecule has 1 unspecified atom stereocenters. The second-order valence-electron chi connectivity index (χ2n) is 6.17. The molecule has 25 heavy (non-hydrogen) atoms. The van der Waals surface area contributed by atoms with Crippen molar-refractivity contribution in [1.82, 2.24) is 10.3 Å². The number of pyridine rings is 1. The molecule has 3 aromatic rings. The molecule has 126 valence electrons. The van der Waals surface area contributed by atoms with Crippen LogP contribution < -0.4 is 5.32 Å². The van der Waals surface area contributed by atoms with E-state index in [1.807, 2.05) is 66.9 Å². The molecule has 0 saturated heterocycles. The Labute approximate surface area is 148 Å². The van der Waals surface area contributed by atoms with Crippen molar-refractivity contribution in [2.75, 3.05) is 0 Å². The first-order valence-corrected chi connectivity index (χ1v) is 8.50. The lowest BCUT2D eigenvalue weighted by Crippen LogP contribution is -2.30. The highest BCUT2D eigenvalue weighted by molar-refractivity contribution is 5.84. The minimum absolute atomic E-state index is 0.0401. The first-order chi connectivity index (χ1) is 12.2. The third-order valence-corrected chi connectivity index (χ3v) is 4.40. The van der Waals surface area contributed by atoms with Gasteiger partial charge in [0.05, 0.1) is 5.92 Å². The Morgan fingerprint density at radius 3 is 2.48 bits per heavy atom. The van der Waals surface area contributed by atoms with Gasteiger partial charge in [0.15, 0.2) is 0 Å². The normalized spacial score (nSPS) is 11.7. The smallest absolute Gasteiger partial charge is 0.228 e. The molecule has 0 aliphatic rings. The van der Waals surface area contributed by atoms with Gasteiger partial charge in [-0.25, -0.2) is 0 Å². The predicted molar refractivity (Wildman–Crippen MR) is 100 cm³/mol. The van der Waals surface area contributed by atoms with Crippen LogP contribution in [0.15, 0.2) is 79.1 Å². The maximum Gasteiger partial charge on any atom is 0.228 e. The van der Waals surface area contributed by atoms with Crippen molar-refractivity contribution < 1.29 is 4.79 Å².